The summed E-state index contributed by atoms with van der Waals surface area (Å²) in [5.74, 6) is 0.842. The van der Waals surface area contributed by atoms with E-state index in [1.54, 1.807) is 14.2 Å². The highest BCUT2D eigenvalue weighted by molar-refractivity contribution is 5.48. The van der Waals surface area contributed by atoms with Crippen LogP contribution in [0.3, 0.4) is 0 Å². The molecule has 1 N–H and O–H groups in total. The SMILES string of the molecule is COCCNc1nc(C)cn1-c1ccccc1CCOC. The van der Waals surface area contributed by atoms with Crippen molar-refractivity contribution in [3.8, 4) is 5.69 Å². The van der Waals surface area contributed by atoms with Gasteiger partial charge in [0.15, 0.2) is 0 Å². The molecular formula is C16H23N3O2. The minimum absolute atomic E-state index is 0.650. The monoisotopic (exact) mass is 289 g/mol. The summed E-state index contributed by atoms with van der Waals surface area (Å²) in [6.45, 7) is 4.08. The van der Waals surface area contributed by atoms with E-state index in [-0.39, 0.29) is 0 Å². The van der Waals surface area contributed by atoms with Crippen molar-refractivity contribution in [3.05, 3.63) is 41.7 Å². The number of hydrogen-bond acceptors (Lipinski definition) is 4. The standard InChI is InChI=1S/C16H23N3O2/c1-13-12-19(16(18-13)17-9-11-21-3)15-7-5-4-6-14(15)8-10-20-2/h4-7,12H,8-11H2,1-3H3,(H,17,18). The van der Waals surface area contributed by atoms with E-state index in [9.17, 15) is 0 Å². The fourth-order valence-electron chi connectivity index (χ4n) is 2.24. The van der Waals surface area contributed by atoms with Gasteiger partial charge in [0.2, 0.25) is 5.95 Å². The molecule has 5 heteroatoms. The van der Waals surface area contributed by atoms with E-state index in [1.807, 2.05) is 19.2 Å². The lowest BCUT2D eigenvalue weighted by molar-refractivity contribution is 0.202. The maximum Gasteiger partial charge on any atom is 0.207 e. The summed E-state index contributed by atoms with van der Waals surface area (Å²) in [4.78, 5) is 4.55. The maximum absolute atomic E-state index is 5.19. The number of nitrogens with one attached hydrogen (secondary N) is 1. The molecule has 1 aromatic carbocycles. The minimum Gasteiger partial charge on any atom is -0.384 e. The average molecular weight is 289 g/mol. The van der Waals surface area contributed by atoms with Crippen LogP contribution >= 0.6 is 0 Å². The van der Waals surface area contributed by atoms with Crippen LogP contribution in [0.25, 0.3) is 5.69 Å². The Bertz CT molecular complexity index is 566. The molecule has 0 fully saturated rings. The number of aryl methyl sites for hydroxylation is 1. The molecule has 2 rings (SSSR count). The number of anilines is 1. The summed E-state index contributed by atoms with van der Waals surface area (Å²) < 4.78 is 12.4. The molecule has 0 atom stereocenters. The largest absolute Gasteiger partial charge is 0.384 e. The van der Waals surface area contributed by atoms with Crippen molar-refractivity contribution in [2.75, 3.05) is 39.3 Å². The number of aromatic nitrogens is 2. The van der Waals surface area contributed by atoms with Crippen molar-refractivity contribution >= 4 is 5.95 Å². The molecule has 0 spiro atoms. The molecule has 0 bridgehead atoms. The van der Waals surface area contributed by atoms with Gasteiger partial charge < -0.3 is 14.8 Å². The lowest BCUT2D eigenvalue weighted by Crippen LogP contribution is -2.12. The van der Waals surface area contributed by atoms with Crippen molar-refractivity contribution < 1.29 is 9.47 Å². The van der Waals surface area contributed by atoms with Crippen LogP contribution in [0.15, 0.2) is 30.5 Å². The first-order valence-electron chi connectivity index (χ1n) is 7.12. The second-order valence-corrected chi connectivity index (χ2v) is 4.87. The first-order chi connectivity index (χ1) is 10.3. The van der Waals surface area contributed by atoms with Gasteiger partial charge in [0.05, 0.1) is 24.6 Å². The van der Waals surface area contributed by atoms with E-state index in [4.69, 9.17) is 9.47 Å². The summed E-state index contributed by atoms with van der Waals surface area (Å²) in [7, 11) is 3.42. The molecule has 2 aromatic rings. The predicted molar refractivity (Wildman–Crippen MR) is 84.2 cm³/mol. The molecule has 5 nitrogen and oxygen atoms in total. The summed E-state index contributed by atoms with van der Waals surface area (Å²) in [5.41, 5.74) is 3.36. The molecule has 0 saturated carbocycles. The minimum atomic E-state index is 0.650. The van der Waals surface area contributed by atoms with Gasteiger partial charge in [0.25, 0.3) is 0 Å². The third-order valence-corrected chi connectivity index (χ3v) is 3.24. The van der Waals surface area contributed by atoms with Crippen LogP contribution in [0, 0.1) is 6.92 Å². The van der Waals surface area contributed by atoms with E-state index < -0.39 is 0 Å². The normalized spacial score (nSPS) is 10.8. The molecular weight excluding hydrogens is 266 g/mol. The molecule has 0 unspecified atom stereocenters. The fraction of sp³-hybridized carbons (Fsp3) is 0.438. The number of benzene rings is 1. The number of nitrogens with zero attached hydrogens (tertiary/aromatic N) is 2. The lowest BCUT2D eigenvalue weighted by atomic mass is 10.1. The topological polar surface area (TPSA) is 48.3 Å². The highest BCUT2D eigenvalue weighted by Gasteiger charge is 2.10. The molecule has 21 heavy (non-hydrogen) atoms. The number of para-hydroxylation sites is 1. The van der Waals surface area contributed by atoms with Gasteiger partial charge in [-0.05, 0) is 25.0 Å². The summed E-state index contributed by atoms with van der Waals surface area (Å²) >= 11 is 0. The molecule has 0 radical (unpaired) electrons. The highest BCUT2D eigenvalue weighted by atomic mass is 16.5. The fourth-order valence-corrected chi connectivity index (χ4v) is 2.24. The highest BCUT2D eigenvalue weighted by Crippen LogP contribution is 2.21. The molecule has 1 heterocycles. The van der Waals surface area contributed by atoms with Crippen LogP contribution in [0.5, 0.6) is 0 Å². The van der Waals surface area contributed by atoms with Crippen LogP contribution in [0.1, 0.15) is 11.3 Å². The molecule has 1 aromatic heterocycles. The smallest absolute Gasteiger partial charge is 0.207 e. The van der Waals surface area contributed by atoms with E-state index >= 15 is 0 Å². The Kier molecular flexibility index (Phi) is 5.78. The van der Waals surface area contributed by atoms with Gasteiger partial charge in [-0.2, -0.15) is 0 Å². The zero-order valence-corrected chi connectivity index (χ0v) is 12.9. The van der Waals surface area contributed by atoms with Crippen molar-refractivity contribution in [2.24, 2.45) is 0 Å². The second kappa shape index (κ2) is 7.81. The third-order valence-electron chi connectivity index (χ3n) is 3.24. The second-order valence-electron chi connectivity index (χ2n) is 4.87. The van der Waals surface area contributed by atoms with Crippen molar-refractivity contribution in [2.45, 2.75) is 13.3 Å². The Labute approximate surface area is 125 Å². The molecule has 114 valence electrons. The van der Waals surface area contributed by atoms with Gasteiger partial charge in [-0.15, -0.1) is 0 Å². The Balaban J connectivity index is 2.28. The number of ether oxygens (including phenoxy) is 2. The van der Waals surface area contributed by atoms with Crippen molar-refractivity contribution in [1.82, 2.24) is 9.55 Å². The summed E-state index contributed by atoms with van der Waals surface area (Å²) in [6, 6.07) is 8.33. The van der Waals surface area contributed by atoms with Crippen molar-refractivity contribution in [3.63, 3.8) is 0 Å². The number of rotatable bonds is 8. The van der Waals surface area contributed by atoms with Gasteiger partial charge in [0, 0.05) is 27.0 Å². The van der Waals surface area contributed by atoms with Crippen LogP contribution in [-0.2, 0) is 15.9 Å². The van der Waals surface area contributed by atoms with Gasteiger partial charge in [-0.3, -0.25) is 4.57 Å². The zero-order valence-electron chi connectivity index (χ0n) is 12.9. The molecule has 0 amide bonds. The number of methoxy groups -OCH3 is 2. The van der Waals surface area contributed by atoms with Crippen LogP contribution in [0.2, 0.25) is 0 Å². The number of imidazole rings is 1. The third kappa shape index (κ3) is 4.06. The molecule has 0 aliphatic heterocycles. The Morgan fingerprint density at radius 1 is 1.14 bits per heavy atom. The van der Waals surface area contributed by atoms with Gasteiger partial charge in [-0.25, -0.2) is 4.98 Å². The van der Waals surface area contributed by atoms with E-state index in [2.05, 4.69) is 33.1 Å². The molecule has 0 aliphatic carbocycles. The zero-order chi connectivity index (χ0) is 15.1. The van der Waals surface area contributed by atoms with E-state index in [1.165, 1.54) is 5.56 Å². The summed E-state index contributed by atoms with van der Waals surface area (Å²) in [6.07, 6.45) is 2.92. The van der Waals surface area contributed by atoms with Crippen LogP contribution < -0.4 is 5.32 Å². The average Bonchev–Trinajstić information content (AvgIpc) is 2.86. The van der Waals surface area contributed by atoms with Gasteiger partial charge in [0.1, 0.15) is 0 Å². The Morgan fingerprint density at radius 2 is 1.90 bits per heavy atom. The van der Waals surface area contributed by atoms with Gasteiger partial charge in [-0.1, -0.05) is 18.2 Å². The quantitative estimate of drug-likeness (QED) is 0.758. The first kappa shape index (κ1) is 15.5. The Morgan fingerprint density at radius 3 is 2.67 bits per heavy atom. The number of hydrogen-bond donors (Lipinski definition) is 1. The van der Waals surface area contributed by atoms with Crippen LogP contribution in [0.4, 0.5) is 5.95 Å². The Hall–Kier alpha value is -1.85. The molecule has 0 aliphatic rings. The summed E-state index contributed by atoms with van der Waals surface area (Å²) in [5, 5.41) is 3.31. The van der Waals surface area contributed by atoms with Crippen LogP contribution in [-0.4, -0.2) is 43.5 Å². The van der Waals surface area contributed by atoms with Crippen molar-refractivity contribution in [1.29, 1.82) is 0 Å². The van der Waals surface area contributed by atoms with E-state index in [0.717, 1.165) is 30.3 Å². The van der Waals surface area contributed by atoms with E-state index in [0.29, 0.717) is 13.2 Å². The van der Waals surface area contributed by atoms with Gasteiger partial charge >= 0.3 is 0 Å². The maximum atomic E-state index is 5.19. The molecule has 0 saturated heterocycles. The predicted octanol–water partition coefficient (Wildman–Crippen LogP) is 2.43. The lowest BCUT2D eigenvalue weighted by Gasteiger charge is -2.13. The first-order valence-corrected chi connectivity index (χ1v) is 7.12.